The summed E-state index contributed by atoms with van der Waals surface area (Å²) in [5, 5.41) is 3.54. The van der Waals surface area contributed by atoms with Gasteiger partial charge < -0.3 is 5.32 Å². The smallest absolute Gasteiger partial charge is 0.137 e. The van der Waals surface area contributed by atoms with Crippen LogP contribution in [0.3, 0.4) is 0 Å². The van der Waals surface area contributed by atoms with Crippen LogP contribution in [0.25, 0.3) is 0 Å². The van der Waals surface area contributed by atoms with Crippen LogP contribution in [-0.4, -0.2) is 5.54 Å². The topological polar surface area (TPSA) is 12.0 Å². The summed E-state index contributed by atoms with van der Waals surface area (Å²) in [6.07, 6.45) is 2.65. The fourth-order valence-corrected chi connectivity index (χ4v) is 2.36. The molecule has 1 saturated carbocycles. The quantitative estimate of drug-likeness (QED) is 0.886. The summed E-state index contributed by atoms with van der Waals surface area (Å²) >= 11 is 3.20. The van der Waals surface area contributed by atoms with Crippen molar-refractivity contribution in [3.8, 4) is 0 Å². The van der Waals surface area contributed by atoms with Gasteiger partial charge in [-0.1, -0.05) is 6.07 Å². The lowest BCUT2D eigenvalue weighted by molar-refractivity contribution is 0.339. The van der Waals surface area contributed by atoms with E-state index in [1.54, 1.807) is 0 Å². The lowest BCUT2D eigenvalue weighted by atomic mass is 9.98. The monoisotopic (exact) mass is 285 g/mol. The summed E-state index contributed by atoms with van der Waals surface area (Å²) < 4.78 is 13.6. The van der Waals surface area contributed by atoms with Crippen LogP contribution in [-0.2, 0) is 6.54 Å². The molecule has 0 saturated heterocycles. The maximum Gasteiger partial charge on any atom is 0.137 e. The van der Waals surface area contributed by atoms with Crippen molar-refractivity contribution in [3.05, 3.63) is 34.1 Å². The third-order valence-electron chi connectivity index (χ3n) is 3.33. The van der Waals surface area contributed by atoms with Gasteiger partial charge in [0.2, 0.25) is 0 Å². The molecule has 0 spiro atoms. The molecule has 0 amide bonds. The molecular formula is C13H17BrFN. The first-order valence-corrected chi connectivity index (χ1v) is 6.47. The molecule has 16 heavy (non-hydrogen) atoms. The third kappa shape index (κ3) is 2.83. The Hall–Kier alpha value is -0.410. The van der Waals surface area contributed by atoms with Gasteiger partial charge in [-0.2, -0.15) is 0 Å². The highest BCUT2D eigenvalue weighted by atomic mass is 79.9. The first kappa shape index (κ1) is 12.1. The van der Waals surface area contributed by atoms with E-state index >= 15 is 0 Å². The second-order valence-electron chi connectivity index (χ2n) is 5.10. The van der Waals surface area contributed by atoms with Crippen molar-refractivity contribution in [3.63, 3.8) is 0 Å². The van der Waals surface area contributed by atoms with E-state index in [0.29, 0.717) is 4.47 Å². The standard InChI is InChI=1S/C13H17BrFN/c1-13(2,10-4-5-10)16-8-9-3-6-12(15)11(14)7-9/h3,6-7,10,16H,4-5,8H2,1-2H3. The van der Waals surface area contributed by atoms with Gasteiger partial charge in [0, 0.05) is 12.1 Å². The van der Waals surface area contributed by atoms with Gasteiger partial charge in [-0.05, 0) is 66.2 Å². The predicted octanol–water partition coefficient (Wildman–Crippen LogP) is 3.87. The largest absolute Gasteiger partial charge is 0.307 e. The number of halogens is 2. The molecule has 1 fully saturated rings. The molecule has 0 unspecified atom stereocenters. The maximum atomic E-state index is 13.0. The van der Waals surface area contributed by atoms with Crippen molar-refractivity contribution >= 4 is 15.9 Å². The zero-order valence-electron chi connectivity index (χ0n) is 9.69. The Morgan fingerprint density at radius 1 is 1.44 bits per heavy atom. The molecule has 88 valence electrons. The van der Waals surface area contributed by atoms with Crippen molar-refractivity contribution in [2.24, 2.45) is 5.92 Å². The molecule has 2 rings (SSSR count). The number of hydrogen-bond donors (Lipinski definition) is 1. The molecule has 0 aliphatic heterocycles. The predicted molar refractivity (Wildman–Crippen MR) is 67.7 cm³/mol. The van der Waals surface area contributed by atoms with E-state index in [2.05, 4.69) is 35.1 Å². The minimum Gasteiger partial charge on any atom is -0.307 e. The first-order valence-electron chi connectivity index (χ1n) is 5.68. The van der Waals surface area contributed by atoms with E-state index in [9.17, 15) is 4.39 Å². The van der Waals surface area contributed by atoms with Gasteiger partial charge in [0.05, 0.1) is 4.47 Å². The van der Waals surface area contributed by atoms with Crippen molar-refractivity contribution in [2.45, 2.75) is 38.8 Å². The Balaban J connectivity index is 1.96. The van der Waals surface area contributed by atoms with Crippen LogP contribution in [0.5, 0.6) is 0 Å². The molecule has 1 aliphatic carbocycles. The third-order valence-corrected chi connectivity index (χ3v) is 3.94. The van der Waals surface area contributed by atoms with E-state index in [0.717, 1.165) is 18.0 Å². The highest BCUT2D eigenvalue weighted by molar-refractivity contribution is 9.10. The highest BCUT2D eigenvalue weighted by Gasteiger charge is 2.37. The molecule has 1 aromatic rings. The Kier molecular flexibility index (Phi) is 3.36. The van der Waals surface area contributed by atoms with Crippen LogP contribution in [0.4, 0.5) is 4.39 Å². The number of nitrogens with one attached hydrogen (secondary N) is 1. The van der Waals surface area contributed by atoms with Crippen molar-refractivity contribution in [1.82, 2.24) is 5.32 Å². The summed E-state index contributed by atoms with van der Waals surface area (Å²) in [5.74, 6) is 0.599. The normalized spacial score (nSPS) is 16.5. The zero-order chi connectivity index (χ0) is 11.8. The summed E-state index contributed by atoms with van der Waals surface area (Å²) in [6.45, 7) is 5.27. The SMILES string of the molecule is CC(C)(NCc1ccc(F)c(Br)c1)C1CC1. The zero-order valence-corrected chi connectivity index (χ0v) is 11.3. The Labute approximate surface area is 105 Å². The number of rotatable bonds is 4. The van der Waals surface area contributed by atoms with E-state index in [4.69, 9.17) is 0 Å². The molecule has 0 radical (unpaired) electrons. The van der Waals surface area contributed by atoms with Gasteiger partial charge in [0.15, 0.2) is 0 Å². The van der Waals surface area contributed by atoms with Gasteiger partial charge >= 0.3 is 0 Å². The molecule has 1 aliphatic rings. The van der Waals surface area contributed by atoms with Gasteiger partial charge in [0.1, 0.15) is 5.82 Å². The van der Waals surface area contributed by atoms with Crippen LogP contribution in [0.2, 0.25) is 0 Å². The van der Waals surface area contributed by atoms with Gasteiger partial charge in [-0.15, -0.1) is 0 Å². The molecule has 1 N–H and O–H groups in total. The Morgan fingerprint density at radius 2 is 2.12 bits per heavy atom. The second kappa shape index (κ2) is 4.46. The van der Waals surface area contributed by atoms with Crippen LogP contribution >= 0.6 is 15.9 Å². The number of benzene rings is 1. The van der Waals surface area contributed by atoms with Crippen LogP contribution in [0.1, 0.15) is 32.3 Å². The summed E-state index contributed by atoms with van der Waals surface area (Å²) in [5.41, 5.74) is 1.31. The average Bonchev–Trinajstić information content (AvgIpc) is 3.03. The van der Waals surface area contributed by atoms with E-state index in [-0.39, 0.29) is 11.4 Å². The average molecular weight is 286 g/mol. The lowest BCUT2D eigenvalue weighted by Gasteiger charge is -2.26. The molecule has 1 nitrogen and oxygen atoms in total. The molecule has 1 aromatic carbocycles. The fraction of sp³-hybridized carbons (Fsp3) is 0.538. The van der Waals surface area contributed by atoms with Gasteiger partial charge in [-0.3, -0.25) is 0 Å². The molecule has 3 heteroatoms. The highest BCUT2D eigenvalue weighted by Crippen LogP contribution is 2.39. The van der Waals surface area contributed by atoms with Gasteiger partial charge in [-0.25, -0.2) is 4.39 Å². The molecular weight excluding hydrogens is 269 g/mol. The minimum absolute atomic E-state index is 0.195. The molecule has 0 aromatic heterocycles. The fourth-order valence-electron chi connectivity index (χ4n) is 1.93. The number of hydrogen-bond acceptors (Lipinski definition) is 1. The maximum absolute atomic E-state index is 13.0. The minimum atomic E-state index is -0.204. The Bertz CT molecular complexity index is 386. The lowest BCUT2D eigenvalue weighted by Crippen LogP contribution is -2.40. The van der Waals surface area contributed by atoms with Crippen molar-refractivity contribution in [1.29, 1.82) is 0 Å². The van der Waals surface area contributed by atoms with Gasteiger partial charge in [0.25, 0.3) is 0 Å². The summed E-state index contributed by atoms with van der Waals surface area (Å²) in [4.78, 5) is 0. The van der Waals surface area contributed by atoms with Crippen LogP contribution < -0.4 is 5.32 Å². The van der Waals surface area contributed by atoms with Crippen LogP contribution in [0.15, 0.2) is 22.7 Å². The Morgan fingerprint density at radius 3 is 2.69 bits per heavy atom. The van der Waals surface area contributed by atoms with E-state index in [1.165, 1.54) is 18.9 Å². The second-order valence-corrected chi connectivity index (χ2v) is 5.95. The first-order chi connectivity index (χ1) is 7.49. The van der Waals surface area contributed by atoms with Crippen molar-refractivity contribution in [2.75, 3.05) is 0 Å². The van der Waals surface area contributed by atoms with Crippen molar-refractivity contribution < 1.29 is 4.39 Å². The molecule has 0 atom stereocenters. The molecule has 0 heterocycles. The van der Waals surface area contributed by atoms with Crippen LogP contribution in [0, 0.1) is 11.7 Å². The summed E-state index contributed by atoms with van der Waals surface area (Å²) in [6, 6.07) is 5.17. The summed E-state index contributed by atoms with van der Waals surface area (Å²) in [7, 11) is 0. The van der Waals surface area contributed by atoms with E-state index < -0.39 is 0 Å². The van der Waals surface area contributed by atoms with E-state index in [1.807, 2.05) is 12.1 Å². The molecule has 0 bridgehead atoms.